The van der Waals surface area contributed by atoms with E-state index in [1.807, 2.05) is 25.1 Å². The van der Waals surface area contributed by atoms with Crippen LogP contribution >= 0.6 is 11.6 Å². The number of anilines is 1. The molecule has 140 valence electrons. The van der Waals surface area contributed by atoms with Crippen molar-refractivity contribution in [2.75, 3.05) is 31.1 Å². The van der Waals surface area contributed by atoms with Crippen LogP contribution in [0.2, 0.25) is 5.02 Å². The Morgan fingerprint density at radius 3 is 2.52 bits per heavy atom. The average molecular weight is 385 g/mol. The molecule has 6 nitrogen and oxygen atoms in total. The fourth-order valence-corrected chi connectivity index (χ4v) is 3.79. The number of benzene rings is 1. The Morgan fingerprint density at radius 2 is 1.81 bits per heavy atom. The van der Waals surface area contributed by atoms with Crippen LogP contribution < -0.4 is 10.5 Å². The minimum Gasteiger partial charge on any atom is -0.423 e. The lowest BCUT2D eigenvalue weighted by Crippen LogP contribution is -2.46. The van der Waals surface area contributed by atoms with E-state index < -0.39 is 0 Å². The number of halogens is 1. The van der Waals surface area contributed by atoms with Crippen molar-refractivity contribution in [1.29, 1.82) is 0 Å². The molecular weight excluding hydrogens is 364 g/mol. The first-order valence-corrected chi connectivity index (χ1v) is 9.51. The van der Waals surface area contributed by atoms with Crippen molar-refractivity contribution in [2.24, 2.45) is 0 Å². The molecule has 1 aliphatic rings. The van der Waals surface area contributed by atoms with Crippen molar-refractivity contribution in [3.8, 4) is 0 Å². The van der Waals surface area contributed by atoms with Crippen molar-refractivity contribution >= 4 is 28.5 Å². The summed E-state index contributed by atoms with van der Waals surface area (Å²) in [5, 5.41) is 1.62. The summed E-state index contributed by atoms with van der Waals surface area (Å²) in [6.07, 6.45) is 4.32. The van der Waals surface area contributed by atoms with E-state index in [2.05, 4.69) is 19.8 Å². The van der Waals surface area contributed by atoms with E-state index in [1.54, 1.807) is 18.5 Å². The molecule has 1 aliphatic heterocycles. The summed E-state index contributed by atoms with van der Waals surface area (Å²) >= 11 is 6.39. The fraction of sp³-hybridized carbons (Fsp3) is 0.350. The molecule has 2 aromatic heterocycles. The molecule has 3 aromatic rings. The summed E-state index contributed by atoms with van der Waals surface area (Å²) in [7, 11) is 0. The van der Waals surface area contributed by atoms with Crippen LogP contribution in [0.1, 0.15) is 18.1 Å². The average Bonchev–Trinajstić information content (AvgIpc) is 2.69. The summed E-state index contributed by atoms with van der Waals surface area (Å²) in [5.41, 5.74) is 2.23. The van der Waals surface area contributed by atoms with Gasteiger partial charge in [0.25, 0.3) is 0 Å². The SMILES string of the molecule is CCc1cc2oc(=O)cc(CN3CCN(c4ncccn4)CC3)c2cc1Cl. The summed E-state index contributed by atoms with van der Waals surface area (Å²) < 4.78 is 5.41. The molecule has 27 heavy (non-hydrogen) atoms. The molecule has 7 heteroatoms. The molecule has 1 aromatic carbocycles. The van der Waals surface area contributed by atoms with E-state index in [4.69, 9.17) is 16.0 Å². The molecular formula is C20H21ClN4O2. The number of aryl methyl sites for hydroxylation is 1. The zero-order chi connectivity index (χ0) is 18.8. The lowest BCUT2D eigenvalue weighted by atomic mass is 10.1. The molecule has 0 N–H and O–H groups in total. The van der Waals surface area contributed by atoms with Gasteiger partial charge in [-0.05, 0) is 35.7 Å². The smallest absolute Gasteiger partial charge is 0.336 e. The Hall–Kier alpha value is -2.44. The van der Waals surface area contributed by atoms with Gasteiger partial charge in [-0.25, -0.2) is 14.8 Å². The van der Waals surface area contributed by atoms with Gasteiger partial charge >= 0.3 is 5.63 Å². The van der Waals surface area contributed by atoms with E-state index in [-0.39, 0.29) is 5.63 Å². The van der Waals surface area contributed by atoms with Gasteiger partial charge in [0.05, 0.1) is 0 Å². The topological polar surface area (TPSA) is 62.5 Å². The predicted molar refractivity (Wildman–Crippen MR) is 106 cm³/mol. The van der Waals surface area contributed by atoms with Crippen LogP contribution in [-0.2, 0) is 13.0 Å². The first-order valence-electron chi connectivity index (χ1n) is 9.13. The van der Waals surface area contributed by atoms with Gasteiger partial charge in [0.2, 0.25) is 5.95 Å². The highest BCUT2D eigenvalue weighted by molar-refractivity contribution is 6.32. The van der Waals surface area contributed by atoms with Gasteiger partial charge in [0.15, 0.2) is 0 Å². The molecule has 0 atom stereocenters. The number of hydrogen-bond acceptors (Lipinski definition) is 6. The summed E-state index contributed by atoms with van der Waals surface area (Å²) in [5.74, 6) is 0.766. The molecule has 3 heterocycles. The van der Waals surface area contributed by atoms with Crippen LogP contribution in [-0.4, -0.2) is 41.0 Å². The molecule has 0 aliphatic carbocycles. The number of piperazine rings is 1. The van der Waals surface area contributed by atoms with Crippen LogP contribution in [0, 0.1) is 0 Å². The van der Waals surface area contributed by atoms with Gasteiger partial charge in [-0.2, -0.15) is 0 Å². The number of fused-ring (bicyclic) bond motifs is 1. The van der Waals surface area contributed by atoms with Crippen LogP contribution in [0.15, 0.2) is 45.9 Å². The standard InChI is InChI=1S/C20H21ClN4O2/c1-2-14-10-18-16(12-17(14)21)15(11-19(26)27-18)13-24-6-8-25(9-7-24)20-22-4-3-5-23-20/h3-5,10-12H,2,6-9,13H2,1H3. The molecule has 0 bridgehead atoms. The first-order chi connectivity index (χ1) is 13.1. The predicted octanol–water partition coefficient (Wildman–Crippen LogP) is 3.12. The van der Waals surface area contributed by atoms with Crippen molar-refractivity contribution in [3.63, 3.8) is 0 Å². The Bertz CT molecular complexity index is 998. The van der Waals surface area contributed by atoms with Gasteiger partial charge in [-0.1, -0.05) is 18.5 Å². The second kappa shape index (κ2) is 7.66. The monoisotopic (exact) mass is 384 g/mol. The zero-order valence-electron chi connectivity index (χ0n) is 15.2. The summed E-state index contributed by atoms with van der Waals surface area (Å²) in [4.78, 5) is 25.2. The van der Waals surface area contributed by atoms with E-state index in [0.29, 0.717) is 17.2 Å². The third-order valence-corrected chi connectivity index (χ3v) is 5.33. The summed E-state index contributed by atoms with van der Waals surface area (Å²) in [6, 6.07) is 7.20. The Balaban J connectivity index is 1.54. The molecule has 0 spiro atoms. The quantitative estimate of drug-likeness (QED) is 0.644. The zero-order valence-corrected chi connectivity index (χ0v) is 15.9. The van der Waals surface area contributed by atoms with E-state index in [0.717, 1.165) is 55.1 Å². The van der Waals surface area contributed by atoms with Crippen molar-refractivity contribution < 1.29 is 4.42 Å². The first kappa shape index (κ1) is 17.9. The van der Waals surface area contributed by atoms with Gasteiger partial charge in [0, 0.05) is 61.6 Å². The minimum atomic E-state index is -0.321. The third-order valence-electron chi connectivity index (χ3n) is 4.98. The minimum absolute atomic E-state index is 0.321. The summed E-state index contributed by atoms with van der Waals surface area (Å²) in [6.45, 7) is 6.17. The number of rotatable bonds is 4. The van der Waals surface area contributed by atoms with E-state index in [1.165, 1.54) is 0 Å². The Morgan fingerprint density at radius 1 is 1.07 bits per heavy atom. The molecule has 0 saturated carbocycles. The largest absolute Gasteiger partial charge is 0.423 e. The second-order valence-corrected chi connectivity index (χ2v) is 7.10. The van der Waals surface area contributed by atoms with Gasteiger partial charge < -0.3 is 9.32 Å². The van der Waals surface area contributed by atoms with E-state index >= 15 is 0 Å². The number of hydrogen-bond donors (Lipinski definition) is 0. The second-order valence-electron chi connectivity index (χ2n) is 6.70. The van der Waals surface area contributed by atoms with Crippen molar-refractivity contribution in [3.05, 3.63) is 63.2 Å². The van der Waals surface area contributed by atoms with Gasteiger partial charge in [0.1, 0.15) is 5.58 Å². The Labute approximate surface area is 162 Å². The molecule has 0 unspecified atom stereocenters. The lowest BCUT2D eigenvalue weighted by Gasteiger charge is -2.34. The highest BCUT2D eigenvalue weighted by Gasteiger charge is 2.20. The van der Waals surface area contributed by atoms with Gasteiger partial charge in [-0.3, -0.25) is 4.90 Å². The normalized spacial score (nSPS) is 15.4. The molecule has 1 saturated heterocycles. The van der Waals surface area contributed by atoms with Crippen LogP contribution in [0.25, 0.3) is 11.0 Å². The van der Waals surface area contributed by atoms with Crippen LogP contribution in [0.3, 0.4) is 0 Å². The van der Waals surface area contributed by atoms with Crippen LogP contribution in [0.4, 0.5) is 5.95 Å². The highest BCUT2D eigenvalue weighted by Crippen LogP contribution is 2.27. The van der Waals surface area contributed by atoms with Crippen molar-refractivity contribution in [1.82, 2.24) is 14.9 Å². The maximum Gasteiger partial charge on any atom is 0.336 e. The Kier molecular flexibility index (Phi) is 5.09. The maximum atomic E-state index is 12.0. The number of aromatic nitrogens is 2. The van der Waals surface area contributed by atoms with Crippen LogP contribution in [0.5, 0.6) is 0 Å². The lowest BCUT2D eigenvalue weighted by molar-refractivity contribution is 0.249. The highest BCUT2D eigenvalue weighted by atomic mass is 35.5. The molecule has 0 radical (unpaired) electrons. The fourth-order valence-electron chi connectivity index (χ4n) is 3.49. The molecule has 4 rings (SSSR count). The maximum absolute atomic E-state index is 12.0. The third kappa shape index (κ3) is 3.82. The molecule has 1 fully saturated rings. The van der Waals surface area contributed by atoms with Gasteiger partial charge in [-0.15, -0.1) is 0 Å². The van der Waals surface area contributed by atoms with E-state index in [9.17, 15) is 4.79 Å². The van der Waals surface area contributed by atoms with Crippen molar-refractivity contribution in [2.45, 2.75) is 19.9 Å². The number of nitrogens with zero attached hydrogens (tertiary/aromatic N) is 4. The molecule has 0 amide bonds.